The molecule has 0 saturated carbocycles. The summed E-state index contributed by atoms with van der Waals surface area (Å²) in [6.45, 7) is 3.96. The van der Waals surface area contributed by atoms with Gasteiger partial charge in [-0.3, -0.25) is 4.79 Å². The van der Waals surface area contributed by atoms with Gasteiger partial charge in [-0.05, 0) is 85.0 Å². The smallest absolute Gasteiger partial charge is 0.271 e. The van der Waals surface area contributed by atoms with Crippen molar-refractivity contribution >= 4 is 57.9 Å². The van der Waals surface area contributed by atoms with Crippen LogP contribution < -0.4 is 5.43 Å². The van der Waals surface area contributed by atoms with E-state index in [1.54, 1.807) is 30.5 Å². The minimum absolute atomic E-state index is 0.253. The maximum absolute atomic E-state index is 12.1. The average Bonchev–Trinajstić information content (AvgIpc) is 2.90. The number of hydrogen-bond acceptors (Lipinski definition) is 2. The molecule has 0 unspecified atom stereocenters. The van der Waals surface area contributed by atoms with E-state index < -0.39 is 0 Å². The average molecular weight is 512 g/mol. The molecule has 0 aliphatic carbocycles. The van der Waals surface area contributed by atoms with Gasteiger partial charge in [0.1, 0.15) is 0 Å². The van der Waals surface area contributed by atoms with Gasteiger partial charge < -0.3 is 4.57 Å². The zero-order chi connectivity index (χ0) is 19.6. The Morgan fingerprint density at radius 3 is 2.48 bits per heavy atom. The number of aromatic nitrogens is 1. The summed E-state index contributed by atoms with van der Waals surface area (Å²) >= 11 is 14.5. The first kappa shape index (κ1) is 19.9. The molecule has 1 heterocycles. The van der Waals surface area contributed by atoms with Gasteiger partial charge in [-0.2, -0.15) is 5.10 Å². The molecule has 0 spiro atoms. The van der Waals surface area contributed by atoms with Crippen molar-refractivity contribution in [2.45, 2.75) is 13.8 Å². The van der Waals surface area contributed by atoms with Gasteiger partial charge in [-0.25, -0.2) is 5.43 Å². The highest BCUT2D eigenvalue weighted by Crippen LogP contribution is 2.28. The molecule has 0 atom stereocenters. The zero-order valence-corrected chi connectivity index (χ0v) is 18.3. The van der Waals surface area contributed by atoms with Crippen molar-refractivity contribution in [1.29, 1.82) is 0 Å². The van der Waals surface area contributed by atoms with Crippen LogP contribution >= 0.6 is 45.8 Å². The Hall–Kier alpha value is -1.83. The van der Waals surface area contributed by atoms with Crippen molar-refractivity contribution in [3.05, 3.63) is 84.7 Å². The van der Waals surface area contributed by atoms with Crippen LogP contribution in [0.5, 0.6) is 0 Å². The molecule has 27 heavy (non-hydrogen) atoms. The molecule has 3 aromatic rings. The summed E-state index contributed by atoms with van der Waals surface area (Å²) in [5.41, 5.74) is 6.82. The molecule has 4 nitrogen and oxygen atoms in total. The molecule has 138 valence electrons. The standard InChI is InChI=1S/C20H16Cl2IN3O/c1-12-9-15(11-24-25-20(27)14-3-6-17(23)7-4-14)13(2)26(12)19-8-5-16(21)10-18(19)22/h3-11H,1-2H3,(H,25,27)/b24-11-. The van der Waals surface area contributed by atoms with Crippen LogP contribution in [-0.2, 0) is 0 Å². The Morgan fingerprint density at radius 1 is 1.11 bits per heavy atom. The number of aryl methyl sites for hydroxylation is 1. The van der Waals surface area contributed by atoms with Crippen LogP contribution in [0.2, 0.25) is 10.0 Å². The maximum Gasteiger partial charge on any atom is 0.271 e. The van der Waals surface area contributed by atoms with E-state index in [1.165, 1.54) is 0 Å². The summed E-state index contributed by atoms with van der Waals surface area (Å²) in [4.78, 5) is 12.1. The van der Waals surface area contributed by atoms with Crippen LogP contribution in [-0.4, -0.2) is 16.7 Å². The molecule has 1 amide bonds. The Morgan fingerprint density at radius 2 is 1.81 bits per heavy atom. The summed E-state index contributed by atoms with van der Waals surface area (Å²) < 4.78 is 3.10. The van der Waals surface area contributed by atoms with Crippen molar-refractivity contribution < 1.29 is 4.79 Å². The van der Waals surface area contributed by atoms with E-state index in [-0.39, 0.29) is 5.91 Å². The van der Waals surface area contributed by atoms with Gasteiger partial charge in [0.25, 0.3) is 5.91 Å². The van der Waals surface area contributed by atoms with Gasteiger partial charge in [0.2, 0.25) is 0 Å². The summed E-state index contributed by atoms with van der Waals surface area (Å²) in [5, 5.41) is 5.25. The zero-order valence-electron chi connectivity index (χ0n) is 14.6. The number of hydrazone groups is 1. The third kappa shape index (κ3) is 4.54. The van der Waals surface area contributed by atoms with Crippen molar-refractivity contribution in [3.63, 3.8) is 0 Å². The molecule has 2 aromatic carbocycles. The van der Waals surface area contributed by atoms with Crippen LogP contribution in [0.15, 0.2) is 53.6 Å². The van der Waals surface area contributed by atoms with E-state index in [4.69, 9.17) is 23.2 Å². The summed E-state index contributed by atoms with van der Waals surface area (Å²) in [6.07, 6.45) is 1.63. The molecule has 0 fully saturated rings. The highest BCUT2D eigenvalue weighted by molar-refractivity contribution is 14.1. The lowest BCUT2D eigenvalue weighted by Crippen LogP contribution is -2.17. The number of benzene rings is 2. The van der Waals surface area contributed by atoms with Crippen molar-refractivity contribution in [3.8, 4) is 5.69 Å². The van der Waals surface area contributed by atoms with Crippen LogP contribution in [0, 0.1) is 17.4 Å². The molecule has 7 heteroatoms. The number of halogens is 3. The van der Waals surface area contributed by atoms with Crippen LogP contribution in [0.25, 0.3) is 5.69 Å². The third-order valence-corrected chi connectivity index (χ3v) is 5.35. The predicted molar refractivity (Wildman–Crippen MR) is 119 cm³/mol. The van der Waals surface area contributed by atoms with E-state index in [2.05, 4.69) is 33.1 Å². The first-order valence-corrected chi connectivity index (χ1v) is 9.93. The maximum atomic E-state index is 12.1. The molecule has 1 aromatic heterocycles. The molecule has 3 rings (SSSR count). The molecule has 0 saturated heterocycles. The molecule has 0 radical (unpaired) electrons. The SMILES string of the molecule is Cc1cc(/C=N\NC(=O)c2ccc(I)cc2)c(C)n1-c1ccc(Cl)cc1Cl. The van der Waals surface area contributed by atoms with Gasteiger partial charge in [0, 0.05) is 31.1 Å². The van der Waals surface area contributed by atoms with Gasteiger partial charge >= 0.3 is 0 Å². The first-order valence-electron chi connectivity index (χ1n) is 8.10. The molecule has 0 aliphatic heterocycles. The largest absolute Gasteiger partial charge is 0.316 e. The number of hydrogen-bond donors (Lipinski definition) is 1. The van der Waals surface area contributed by atoms with Crippen LogP contribution in [0.4, 0.5) is 0 Å². The number of amides is 1. The number of carbonyl (C=O) groups excluding carboxylic acids is 1. The highest BCUT2D eigenvalue weighted by atomic mass is 127. The lowest BCUT2D eigenvalue weighted by molar-refractivity contribution is 0.0955. The van der Waals surface area contributed by atoms with Gasteiger partial charge in [0.15, 0.2) is 0 Å². The van der Waals surface area contributed by atoms with E-state index in [1.807, 2.05) is 42.7 Å². The van der Waals surface area contributed by atoms with Crippen molar-refractivity contribution in [2.24, 2.45) is 5.10 Å². The molecule has 0 bridgehead atoms. The number of nitrogens with one attached hydrogen (secondary N) is 1. The topological polar surface area (TPSA) is 46.4 Å². The third-order valence-electron chi connectivity index (χ3n) is 4.10. The van der Waals surface area contributed by atoms with Crippen molar-refractivity contribution in [2.75, 3.05) is 0 Å². The normalized spacial score (nSPS) is 11.1. The van der Waals surface area contributed by atoms with Crippen molar-refractivity contribution in [1.82, 2.24) is 9.99 Å². The fourth-order valence-corrected chi connectivity index (χ4v) is 3.63. The minimum Gasteiger partial charge on any atom is -0.316 e. The fourth-order valence-electron chi connectivity index (χ4n) is 2.78. The molecule has 1 N–H and O–H groups in total. The van der Waals surface area contributed by atoms with E-state index in [0.717, 1.165) is 26.2 Å². The molecule has 0 aliphatic rings. The minimum atomic E-state index is -0.253. The van der Waals surface area contributed by atoms with Crippen LogP contribution in [0.1, 0.15) is 27.3 Å². The number of carbonyl (C=O) groups is 1. The Labute approximate surface area is 181 Å². The number of nitrogens with zero attached hydrogens (tertiary/aromatic N) is 2. The van der Waals surface area contributed by atoms with E-state index in [9.17, 15) is 4.79 Å². The predicted octanol–water partition coefficient (Wildman–Crippen LogP) is 5.77. The second-order valence-corrected chi connectivity index (χ2v) is 8.05. The van der Waals surface area contributed by atoms with Gasteiger partial charge in [-0.15, -0.1) is 0 Å². The lowest BCUT2D eigenvalue weighted by atomic mass is 10.2. The summed E-state index contributed by atoms with van der Waals surface area (Å²) in [6, 6.07) is 14.7. The lowest BCUT2D eigenvalue weighted by Gasteiger charge is -2.11. The Kier molecular flexibility index (Phi) is 6.24. The van der Waals surface area contributed by atoms with Crippen LogP contribution in [0.3, 0.4) is 0 Å². The Balaban J connectivity index is 1.81. The molecular weight excluding hydrogens is 496 g/mol. The quantitative estimate of drug-likeness (QED) is 0.270. The monoisotopic (exact) mass is 511 g/mol. The summed E-state index contributed by atoms with van der Waals surface area (Å²) in [5.74, 6) is -0.253. The molecular formula is C20H16Cl2IN3O. The van der Waals surface area contributed by atoms with E-state index >= 15 is 0 Å². The number of rotatable bonds is 4. The second-order valence-electron chi connectivity index (χ2n) is 5.96. The summed E-state index contributed by atoms with van der Waals surface area (Å²) in [7, 11) is 0. The fraction of sp³-hybridized carbons (Fsp3) is 0.100. The second kappa shape index (κ2) is 8.46. The van der Waals surface area contributed by atoms with Gasteiger partial charge in [0.05, 0.1) is 16.9 Å². The highest BCUT2D eigenvalue weighted by Gasteiger charge is 2.12. The Bertz CT molecular complexity index is 1030. The van der Waals surface area contributed by atoms with E-state index in [0.29, 0.717) is 15.6 Å². The first-order chi connectivity index (χ1) is 12.9. The van der Waals surface area contributed by atoms with Gasteiger partial charge in [-0.1, -0.05) is 23.2 Å².